The van der Waals surface area contributed by atoms with Gasteiger partial charge in [-0.3, -0.25) is 4.79 Å². The van der Waals surface area contributed by atoms with E-state index in [9.17, 15) is 4.79 Å². The van der Waals surface area contributed by atoms with Crippen molar-refractivity contribution in [2.24, 2.45) is 5.92 Å². The summed E-state index contributed by atoms with van der Waals surface area (Å²) in [7, 11) is 0. The van der Waals surface area contributed by atoms with Gasteiger partial charge in [-0.05, 0) is 31.0 Å². The van der Waals surface area contributed by atoms with Crippen molar-refractivity contribution in [1.29, 1.82) is 0 Å². The van der Waals surface area contributed by atoms with E-state index in [1.54, 1.807) is 24.3 Å². The molecule has 0 bridgehead atoms. The fourth-order valence-electron chi connectivity index (χ4n) is 2.81. The molecule has 6 heteroatoms. The van der Waals surface area contributed by atoms with Gasteiger partial charge in [0.1, 0.15) is 6.04 Å². The highest BCUT2D eigenvalue weighted by atomic mass is 35.5. The van der Waals surface area contributed by atoms with Crippen LogP contribution in [0.1, 0.15) is 48.1 Å². The average Bonchev–Trinajstić information content (AvgIpc) is 3.15. The molecule has 0 aliphatic rings. The molecule has 27 heavy (non-hydrogen) atoms. The van der Waals surface area contributed by atoms with E-state index < -0.39 is 6.04 Å². The molecule has 0 unspecified atom stereocenters. The van der Waals surface area contributed by atoms with Gasteiger partial charge in [0.2, 0.25) is 11.7 Å². The lowest BCUT2D eigenvalue weighted by Crippen LogP contribution is -2.33. The summed E-state index contributed by atoms with van der Waals surface area (Å²) < 4.78 is 5.50. The summed E-state index contributed by atoms with van der Waals surface area (Å²) in [6.07, 6.45) is 0.843. The van der Waals surface area contributed by atoms with Gasteiger partial charge >= 0.3 is 0 Å². The first kappa shape index (κ1) is 19.1. The molecule has 0 aliphatic carbocycles. The van der Waals surface area contributed by atoms with Crippen molar-refractivity contribution in [3.8, 4) is 11.4 Å². The first-order valence-corrected chi connectivity index (χ1v) is 9.33. The molecule has 2 aromatic carbocycles. The molecule has 3 rings (SSSR count). The van der Waals surface area contributed by atoms with E-state index >= 15 is 0 Å². The second-order valence-electron chi connectivity index (χ2n) is 6.64. The van der Waals surface area contributed by atoms with Gasteiger partial charge in [0, 0.05) is 5.56 Å². The monoisotopic (exact) mass is 383 g/mol. The highest BCUT2D eigenvalue weighted by Crippen LogP contribution is 2.27. The Morgan fingerprint density at radius 3 is 2.70 bits per heavy atom. The number of aryl methyl sites for hydroxylation is 1. The summed E-state index contributed by atoms with van der Waals surface area (Å²) in [5, 5.41) is 7.50. The minimum absolute atomic E-state index is 0.113. The Bertz CT molecular complexity index is 938. The highest BCUT2D eigenvalue weighted by Gasteiger charge is 2.27. The van der Waals surface area contributed by atoms with Gasteiger partial charge in [0.25, 0.3) is 5.91 Å². The van der Waals surface area contributed by atoms with Crippen molar-refractivity contribution in [2.75, 3.05) is 0 Å². The van der Waals surface area contributed by atoms with Crippen LogP contribution in [0.15, 0.2) is 53.1 Å². The van der Waals surface area contributed by atoms with E-state index in [0.717, 1.165) is 17.5 Å². The third kappa shape index (κ3) is 4.37. The number of hydrogen-bond donors (Lipinski definition) is 1. The van der Waals surface area contributed by atoms with E-state index in [2.05, 4.69) is 22.4 Å². The van der Waals surface area contributed by atoms with Crippen LogP contribution in [0, 0.1) is 12.8 Å². The number of carbonyl (C=O) groups excluding carboxylic acids is 1. The maximum absolute atomic E-state index is 12.7. The van der Waals surface area contributed by atoms with Crippen molar-refractivity contribution in [1.82, 2.24) is 15.5 Å². The van der Waals surface area contributed by atoms with Crippen molar-refractivity contribution < 1.29 is 9.32 Å². The normalized spacial score (nSPS) is 13.2. The molecule has 1 N–H and O–H groups in total. The van der Waals surface area contributed by atoms with Crippen molar-refractivity contribution in [3.63, 3.8) is 0 Å². The van der Waals surface area contributed by atoms with Crippen LogP contribution in [-0.4, -0.2) is 16.0 Å². The first-order valence-electron chi connectivity index (χ1n) is 8.95. The van der Waals surface area contributed by atoms with Crippen molar-refractivity contribution >= 4 is 17.5 Å². The van der Waals surface area contributed by atoms with Crippen LogP contribution < -0.4 is 5.32 Å². The van der Waals surface area contributed by atoms with Crippen LogP contribution in [0.3, 0.4) is 0 Å². The second-order valence-corrected chi connectivity index (χ2v) is 7.05. The second kappa shape index (κ2) is 8.35. The molecule has 0 saturated heterocycles. The summed E-state index contributed by atoms with van der Waals surface area (Å²) in [5.74, 6) is 0.749. The predicted molar refractivity (Wildman–Crippen MR) is 106 cm³/mol. The fourth-order valence-corrected chi connectivity index (χ4v) is 3.03. The zero-order valence-electron chi connectivity index (χ0n) is 15.6. The number of nitrogens with zero attached hydrogens (tertiary/aromatic N) is 2. The quantitative estimate of drug-likeness (QED) is 0.633. The summed E-state index contributed by atoms with van der Waals surface area (Å²) in [5.41, 5.74) is 2.42. The Labute approximate surface area is 163 Å². The molecule has 3 aromatic rings. The Hall–Kier alpha value is -2.66. The Morgan fingerprint density at radius 2 is 2.00 bits per heavy atom. The standard InChI is InChI=1S/C21H22ClN3O2/c1-4-14(3)18(23-20(26)16-10-5-6-11-17(16)22)21-24-19(25-27-21)15-9-7-8-13(2)12-15/h5-12,14,18H,4H2,1-3H3,(H,23,26)/t14-,18-/m0/s1. The van der Waals surface area contributed by atoms with Crippen molar-refractivity contribution in [3.05, 3.63) is 70.6 Å². The molecule has 0 fully saturated rings. The van der Waals surface area contributed by atoms with Gasteiger partial charge in [-0.2, -0.15) is 4.98 Å². The number of hydrogen-bond acceptors (Lipinski definition) is 4. The Balaban J connectivity index is 1.88. The van der Waals surface area contributed by atoms with E-state index in [4.69, 9.17) is 16.1 Å². The molecular formula is C21H22ClN3O2. The van der Waals surface area contributed by atoms with Gasteiger partial charge in [0.05, 0.1) is 10.6 Å². The number of benzene rings is 2. The van der Waals surface area contributed by atoms with Gasteiger partial charge in [-0.1, -0.05) is 72.9 Å². The summed E-state index contributed by atoms with van der Waals surface area (Å²) in [6, 6.07) is 14.4. The van der Waals surface area contributed by atoms with Gasteiger partial charge in [0.15, 0.2) is 0 Å². The minimum Gasteiger partial charge on any atom is -0.340 e. The lowest BCUT2D eigenvalue weighted by Gasteiger charge is -2.21. The van der Waals surface area contributed by atoms with Gasteiger partial charge in [-0.25, -0.2) is 0 Å². The molecule has 1 heterocycles. The lowest BCUT2D eigenvalue weighted by molar-refractivity contribution is 0.0910. The Morgan fingerprint density at radius 1 is 1.22 bits per heavy atom. The molecule has 2 atom stereocenters. The topological polar surface area (TPSA) is 68.0 Å². The maximum Gasteiger partial charge on any atom is 0.253 e. The van der Waals surface area contributed by atoms with Crippen molar-refractivity contribution in [2.45, 2.75) is 33.2 Å². The highest BCUT2D eigenvalue weighted by molar-refractivity contribution is 6.33. The molecule has 5 nitrogen and oxygen atoms in total. The molecule has 0 radical (unpaired) electrons. The van der Waals surface area contributed by atoms with Crippen LogP contribution >= 0.6 is 11.6 Å². The number of aromatic nitrogens is 2. The zero-order chi connectivity index (χ0) is 19.4. The van der Waals surface area contributed by atoms with Crippen LogP contribution in [0.4, 0.5) is 0 Å². The Kier molecular flexibility index (Phi) is 5.91. The molecule has 1 amide bonds. The third-order valence-electron chi connectivity index (χ3n) is 4.60. The molecule has 140 valence electrons. The third-order valence-corrected chi connectivity index (χ3v) is 4.93. The van der Waals surface area contributed by atoms with E-state index in [-0.39, 0.29) is 11.8 Å². The summed E-state index contributed by atoms with van der Waals surface area (Å²) >= 11 is 6.15. The van der Waals surface area contributed by atoms with E-state index in [1.807, 2.05) is 38.1 Å². The van der Waals surface area contributed by atoms with Gasteiger partial charge < -0.3 is 9.84 Å². The fraction of sp³-hybridized carbons (Fsp3) is 0.286. The number of rotatable bonds is 6. The van der Waals surface area contributed by atoms with E-state index in [1.165, 1.54) is 0 Å². The largest absolute Gasteiger partial charge is 0.340 e. The number of amides is 1. The molecule has 0 saturated carbocycles. The van der Waals surface area contributed by atoms with E-state index in [0.29, 0.717) is 22.3 Å². The molecule has 0 spiro atoms. The minimum atomic E-state index is -0.398. The smallest absolute Gasteiger partial charge is 0.253 e. The number of halogens is 1. The molecule has 1 aromatic heterocycles. The first-order chi connectivity index (χ1) is 13.0. The maximum atomic E-state index is 12.7. The molecular weight excluding hydrogens is 362 g/mol. The number of carbonyl (C=O) groups is 1. The summed E-state index contributed by atoms with van der Waals surface area (Å²) in [6.45, 7) is 6.10. The van der Waals surface area contributed by atoms with Crippen LogP contribution in [0.25, 0.3) is 11.4 Å². The van der Waals surface area contributed by atoms with Gasteiger partial charge in [-0.15, -0.1) is 0 Å². The SMILES string of the molecule is CC[C@H](C)[C@H](NC(=O)c1ccccc1Cl)c1nc(-c2cccc(C)c2)no1. The number of nitrogens with one attached hydrogen (secondary N) is 1. The molecule has 0 aliphatic heterocycles. The summed E-state index contributed by atoms with van der Waals surface area (Å²) in [4.78, 5) is 17.2. The van der Waals surface area contributed by atoms with Crippen LogP contribution in [0.2, 0.25) is 5.02 Å². The van der Waals surface area contributed by atoms with Crippen LogP contribution in [-0.2, 0) is 0 Å². The zero-order valence-corrected chi connectivity index (χ0v) is 16.3. The lowest BCUT2D eigenvalue weighted by atomic mass is 9.98. The average molecular weight is 384 g/mol. The van der Waals surface area contributed by atoms with Crippen LogP contribution in [0.5, 0.6) is 0 Å². The predicted octanol–water partition coefficient (Wildman–Crippen LogP) is 5.22.